The summed E-state index contributed by atoms with van der Waals surface area (Å²) in [5, 5.41) is 0. The van der Waals surface area contributed by atoms with E-state index in [0.717, 1.165) is 17.7 Å². The van der Waals surface area contributed by atoms with E-state index < -0.39 is 11.7 Å². The van der Waals surface area contributed by atoms with Crippen molar-refractivity contribution >= 4 is 11.9 Å². The Morgan fingerprint density at radius 2 is 1.90 bits per heavy atom. The number of hydrogen-bond acceptors (Lipinski definition) is 4. The van der Waals surface area contributed by atoms with E-state index in [-0.39, 0.29) is 37.4 Å². The van der Waals surface area contributed by atoms with Gasteiger partial charge < -0.3 is 14.4 Å². The zero-order valence-electron chi connectivity index (χ0n) is 18.2. The fraction of sp³-hybridized carbons (Fsp3) is 0.478. The average Bonchev–Trinajstić information content (AvgIpc) is 2.71. The van der Waals surface area contributed by atoms with Crippen LogP contribution in [-0.4, -0.2) is 37.0 Å². The lowest BCUT2D eigenvalue weighted by Crippen LogP contribution is -2.29. The number of carbonyl (C=O) groups excluding carboxylic acids is 2. The lowest BCUT2D eigenvalue weighted by Gasteiger charge is -2.28. The van der Waals surface area contributed by atoms with Gasteiger partial charge in [-0.1, -0.05) is 17.7 Å². The number of methoxy groups -OCH3 is 1. The standard InChI is InChI=1S/C23H28F3NO4/c1-5-27(15(3)28)14-17-13-18(23(24,25)26)8-9-19(17)20-11-16(7-10-21(20)30-4)12-22(29)31-6-2/h7-10,13,20H,5-6,11-12,14H2,1-4H3. The number of allylic oxidation sites excluding steroid dienone is 3. The molecular formula is C23H28F3NO4. The van der Waals surface area contributed by atoms with Crippen LogP contribution in [0.4, 0.5) is 13.2 Å². The van der Waals surface area contributed by atoms with E-state index in [9.17, 15) is 22.8 Å². The third-order valence-corrected chi connectivity index (χ3v) is 5.24. The van der Waals surface area contributed by atoms with Crippen molar-refractivity contribution in [2.45, 2.75) is 52.3 Å². The summed E-state index contributed by atoms with van der Waals surface area (Å²) in [5.74, 6) is -0.370. The van der Waals surface area contributed by atoms with Crippen molar-refractivity contribution in [2.75, 3.05) is 20.3 Å². The molecule has 1 aromatic carbocycles. The van der Waals surface area contributed by atoms with Crippen LogP contribution < -0.4 is 0 Å². The second-order valence-electron chi connectivity index (χ2n) is 7.28. The van der Waals surface area contributed by atoms with Crippen molar-refractivity contribution < 1.29 is 32.2 Å². The van der Waals surface area contributed by atoms with Crippen molar-refractivity contribution in [1.82, 2.24) is 4.90 Å². The molecule has 0 N–H and O–H groups in total. The smallest absolute Gasteiger partial charge is 0.416 e. The quantitative estimate of drug-likeness (QED) is 0.537. The van der Waals surface area contributed by atoms with E-state index in [1.165, 1.54) is 25.0 Å². The van der Waals surface area contributed by atoms with Gasteiger partial charge in [-0.25, -0.2) is 0 Å². The Morgan fingerprint density at radius 3 is 2.45 bits per heavy atom. The molecule has 0 fully saturated rings. The predicted octanol–water partition coefficient (Wildman–Crippen LogP) is 4.97. The van der Waals surface area contributed by atoms with Crippen LogP contribution in [-0.2, 0) is 31.8 Å². The Bertz CT molecular complexity index is 874. The van der Waals surface area contributed by atoms with Crippen molar-refractivity contribution in [2.24, 2.45) is 0 Å². The Kier molecular flexibility index (Phi) is 8.30. The molecule has 0 aromatic heterocycles. The first kappa shape index (κ1) is 24.5. The highest BCUT2D eigenvalue weighted by molar-refractivity contribution is 5.73. The van der Waals surface area contributed by atoms with E-state index in [1.807, 2.05) is 0 Å². The highest BCUT2D eigenvalue weighted by atomic mass is 19.4. The van der Waals surface area contributed by atoms with Crippen LogP contribution in [0.2, 0.25) is 0 Å². The first-order chi connectivity index (χ1) is 14.6. The molecule has 0 saturated heterocycles. The fourth-order valence-electron chi connectivity index (χ4n) is 3.66. The van der Waals surface area contributed by atoms with E-state index in [1.54, 1.807) is 26.0 Å². The molecule has 0 bridgehead atoms. The van der Waals surface area contributed by atoms with E-state index in [0.29, 0.717) is 29.9 Å². The van der Waals surface area contributed by atoms with E-state index in [2.05, 4.69) is 0 Å². The van der Waals surface area contributed by atoms with Crippen molar-refractivity contribution in [1.29, 1.82) is 0 Å². The number of carbonyl (C=O) groups is 2. The van der Waals surface area contributed by atoms with Crippen LogP contribution >= 0.6 is 0 Å². The summed E-state index contributed by atoms with van der Waals surface area (Å²) in [6.07, 6.45) is -0.482. The maximum atomic E-state index is 13.4. The summed E-state index contributed by atoms with van der Waals surface area (Å²) >= 11 is 0. The first-order valence-electron chi connectivity index (χ1n) is 10.1. The molecule has 0 radical (unpaired) electrons. The number of ether oxygens (including phenoxy) is 2. The molecule has 0 spiro atoms. The minimum Gasteiger partial charge on any atom is -0.500 e. The molecule has 0 heterocycles. The van der Waals surface area contributed by atoms with Crippen LogP contribution in [0.15, 0.2) is 41.7 Å². The highest BCUT2D eigenvalue weighted by Gasteiger charge is 2.33. The number of rotatable bonds is 8. The zero-order chi connectivity index (χ0) is 23.2. The average molecular weight is 439 g/mol. The zero-order valence-corrected chi connectivity index (χ0v) is 18.2. The van der Waals surface area contributed by atoms with Gasteiger partial charge in [0.15, 0.2) is 0 Å². The third kappa shape index (κ3) is 6.35. The molecule has 1 aliphatic rings. The van der Waals surface area contributed by atoms with Crippen molar-refractivity contribution in [3.8, 4) is 0 Å². The molecule has 8 heteroatoms. The SMILES string of the molecule is CCOC(=O)CC1=CC=C(OC)C(c2ccc(C(F)(F)F)cc2CN(CC)C(C)=O)C1. The number of amides is 1. The number of alkyl halides is 3. The third-order valence-electron chi connectivity index (χ3n) is 5.24. The van der Waals surface area contributed by atoms with Gasteiger partial charge in [-0.05, 0) is 49.6 Å². The molecule has 31 heavy (non-hydrogen) atoms. The summed E-state index contributed by atoms with van der Waals surface area (Å²) < 4.78 is 50.6. The number of hydrogen-bond donors (Lipinski definition) is 0. The first-order valence-corrected chi connectivity index (χ1v) is 10.1. The number of benzene rings is 1. The monoisotopic (exact) mass is 439 g/mol. The molecule has 1 unspecified atom stereocenters. The van der Waals surface area contributed by atoms with Crippen LogP contribution in [0.1, 0.15) is 56.2 Å². The van der Waals surface area contributed by atoms with Gasteiger partial charge in [-0.15, -0.1) is 0 Å². The van der Waals surface area contributed by atoms with Gasteiger partial charge in [0.25, 0.3) is 0 Å². The van der Waals surface area contributed by atoms with Gasteiger partial charge >= 0.3 is 12.1 Å². The van der Waals surface area contributed by atoms with Crippen molar-refractivity contribution in [3.63, 3.8) is 0 Å². The highest BCUT2D eigenvalue weighted by Crippen LogP contribution is 2.40. The summed E-state index contributed by atoms with van der Waals surface area (Å²) in [5.41, 5.74) is 1.06. The maximum Gasteiger partial charge on any atom is 0.416 e. The second kappa shape index (κ2) is 10.5. The van der Waals surface area contributed by atoms with Crippen LogP contribution in [0.25, 0.3) is 0 Å². The largest absolute Gasteiger partial charge is 0.500 e. The molecule has 170 valence electrons. The summed E-state index contributed by atoms with van der Waals surface area (Å²) in [4.78, 5) is 25.3. The Hall–Kier alpha value is -2.77. The van der Waals surface area contributed by atoms with E-state index >= 15 is 0 Å². The fourth-order valence-corrected chi connectivity index (χ4v) is 3.66. The Balaban J connectivity index is 2.46. The van der Waals surface area contributed by atoms with Gasteiger partial charge in [0.05, 0.1) is 25.7 Å². The minimum absolute atomic E-state index is 0.0511. The van der Waals surface area contributed by atoms with Gasteiger partial charge in [0.2, 0.25) is 5.91 Å². The molecular weight excluding hydrogens is 411 g/mol. The lowest BCUT2D eigenvalue weighted by molar-refractivity contribution is -0.142. The number of esters is 1. The molecule has 1 aliphatic carbocycles. The van der Waals surface area contributed by atoms with Gasteiger partial charge in [0, 0.05) is 25.9 Å². The number of nitrogens with zero attached hydrogens (tertiary/aromatic N) is 1. The van der Waals surface area contributed by atoms with Gasteiger partial charge in [-0.3, -0.25) is 9.59 Å². The molecule has 1 atom stereocenters. The summed E-state index contributed by atoms with van der Waals surface area (Å²) in [6, 6.07) is 3.58. The molecule has 1 amide bonds. The molecule has 2 rings (SSSR count). The lowest BCUT2D eigenvalue weighted by atomic mass is 9.82. The molecule has 0 aliphatic heterocycles. The van der Waals surface area contributed by atoms with E-state index in [4.69, 9.17) is 9.47 Å². The molecule has 5 nitrogen and oxygen atoms in total. The number of halogens is 3. The Labute approximate surface area is 180 Å². The van der Waals surface area contributed by atoms with Crippen LogP contribution in [0.5, 0.6) is 0 Å². The Morgan fingerprint density at radius 1 is 1.19 bits per heavy atom. The minimum atomic E-state index is -4.50. The van der Waals surface area contributed by atoms with Crippen molar-refractivity contribution in [3.05, 3.63) is 58.4 Å². The van der Waals surface area contributed by atoms with Crippen LogP contribution in [0.3, 0.4) is 0 Å². The normalized spacial score (nSPS) is 16.3. The maximum absolute atomic E-state index is 13.4. The van der Waals surface area contributed by atoms with Gasteiger partial charge in [0.1, 0.15) is 5.76 Å². The summed E-state index contributed by atoms with van der Waals surface area (Å²) in [7, 11) is 1.50. The predicted molar refractivity (Wildman–Crippen MR) is 110 cm³/mol. The van der Waals surface area contributed by atoms with Crippen LogP contribution in [0, 0.1) is 0 Å². The molecule has 0 saturated carbocycles. The topological polar surface area (TPSA) is 55.8 Å². The second-order valence-corrected chi connectivity index (χ2v) is 7.28. The molecule has 1 aromatic rings. The van der Waals surface area contributed by atoms with Gasteiger partial charge in [-0.2, -0.15) is 13.2 Å². The summed E-state index contributed by atoms with van der Waals surface area (Å²) in [6.45, 7) is 5.58.